The summed E-state index contributed by atoms with van der Waals surface area (Å²) >= 11 is 12.1. The monoisotopic (exact) mass is 508 g/mol. The summed E-state index contributed by atoms with van der Waals surface area (Å²) in [5.74, 6) is -1.04. The second-order valence-corrected chi connectivity index (χ2v) is 7.43. The summed E-state index contributed by atoms with van der Waals surface area (Å²) in [5.41, 5.74) is 0.243. The highest BCUT2D eigenvalue weighted by Crippen LogP contribution is 2.38. The number of cyclic esters (lactones) is 1. The maximum absolute atomic E-state index is 12.3. The molecule has 0 radical (unpaired) electrons. The number of esters is 2. The van der Waals surface area contributed by atoms with Crippen molar-refractivity contribution in [1.82, 2.24) is 0 Å². The van der Waals surface area contributed by atoms with Crippen molar-refractivity contribution in [2.75, 3.05) is 19.8 Å². The van der Waals surface area contributed by atoms with Gasteiger partial charge in [0, 0.05) is 11.6 Å². The molecule has 0 bridgehead atoms. The molecular weight excluding hydrogens is 491 g/mol. The van der Waals surface area contributed by atoms with E-state index in [4.69, 9.17) is 42.1 Å². The van der Waals surface area contributed by atoms with Crippen LogP contribution in [0.2, 0.25) is 10.0 Å². The molecule has 0 amide bonds. The number of aliphatic imine (C=N–C) groups is 1. The quantitative estimate of drug-likeness (QED) is 0.208. The summed E-state index contributed by atoms with van der Waals surface area (Å²) in [6.07, 6.45) is 1.41. The van der Waals surface area contributed by atoms with Gasteiger partial charge in [0.15, 0.2) is 23.8 Å². The third-order valence-corrected chi connectivity index (χ3v) is 4.89. The Morgan fingerprint density at radius 3 is 2.59 bits per heavy atom. The number of halogens is 2. The van der Waals surface area contributed by atoms with E-state index in [1.165, 1.54) is 24.3 Å². The van der Waals surface area contributed by atoms with Gasteiger partial charge in [-0.25, -0.2) is 14.6 Å². The highest BCUT2D eigenvalue weighted by atomic mass is 35.5. The molecule has 2 aromatic rings. The second-order valence-electron chi connectivity index (χ2n) is 6.62. The molecule has 34 heavy (non-hydrogen) atoms. The molecule has 1 heterocycles. The first-order valence-electron chi connectivity index (χ1n) is 9.95. The predicted octanol–water partition coefficient (Wildman–Crippen LogP) is 4.59. The Morgan fingerprint density at radius 1 is 1.15 bits per heavy atom. The number of hydrogen-bond donors (Lipinski definition) is 0. The van der Waals surface area contributed by atoms with Gasteiger partial charge in [0.05, 0.1) is 23.2 Å². The van der Waals surface area contributed by atoms with Gasteiger partial charge >= 0.3 is 11.9 Å². The highest BCUT2D eigenvalue weighted by Gasteiger charge is 2.26. The minimum absolute atomic E-state index is 0.0576. The first kappa shape index (κ1) is 25.0. The molecule has 0 saturated carbocycles. The molecule has 1 aliphatic rings. The summed E-state index contributed by atoms with van der Waals surface area (Å²) in [7, 11) is 0. The largest absolute Gasteiger partial charge is 0.490 e. The van der Waals surface area contributed by atoms with Gasteiger partial charge in [0.2, 0.25) is 5.90 Å². The maximum atomic E-state index is 12.3. The van der Waals surface area contributed by atoms with Crippen LogP contribution in [0.1, 0.15) is 25.0 Å². The van der Waals surface area contributed by atoms with Gasteiger partial charge in [-0.05, 0) is 49.8 Å². The number of rotatable bonds is 9. The van der Waals surface area contributed by atoms with Crippen LogP contribution in [0.4, 0.5) is 5.69 Å². The molecule has 2 aromatic carbocycles. The Morgan fingerprint density at radius 2 is 1.91 bits per heavy atom. The summed E-state index contributed by atoms with van der Waals surface area (Å²) in [4.78, 5) is 38.6. The first-order chi connectivity index (χ1) is 16.2. The van der Waals surface area contributed by atoms with Crippen molar-refractivity contribution in [2.45, 2.75) is 13.8 Å². The van der Waals surface area contributed by atoms with Crippen LogP contribution in [-0.4, -0.2) is 42.6 Å². The lowest BCUT2D eigenvalue weighted by Gasteiger charge is -2.14. The van der Waals surface area contributed by atoms with Crippen LogP contribution in [0, 0.1) is 10.1 Å². The number of nitro groups is 1. The number of carbonyl (C=O) groups is 2. The Kier molecular flexibility index (Phi) is 8.08. The van der Waals surface area contributed by atoms with Crippen molar-refractivity contribution >= 4 is 52.8 Å². The lowest BCUT2D eigenvalue weighted by molar-refractivity contribution is -0.384. The molecule has 0 fully saturated rings. The molecule has 1 aliphatic heterocycles. The van der Waals surface area contributed by atoms with Gasteiger partial charge in [-0.15, -0.1) is 0 Å². The van der Waals surface area contributed by atoms with Crippen LogP contribution in [-0.2, 0) is 19.1 Å². The number of benzene rings is 2. The SMILES string of the molecule is CCOC(=O)COc1c(Cl)cc(/C=C2\N=C(c3ccc(Cl)c([N+](=O)[O-])c3)OC2=O)cc1OCC. The van der Waals surface area contributed by atoms with E-state index in [9.17, 15) is 19.7 Å². The third-order valence-electron chi connectivity index (χ3n) is 4.29. The second kappa shape index (κ2) is 11.0. The van der Waals surface area contributed by atoms with Crippen LogP contribution in [0.25, 0.3) is 6.08 Å². The number of hydrogen-bond acceptors (Lipinski definition) is 9. The van der Waals surface area contributed by atoms with E-state index in [2.05, 4.69) is 4.99 Å². The van der Waals surface area contributed by atoms with Crippen molar-refractivity contribution < 1.29 is 33.5 Å². The lowest BCUT2D eigenvalue weighted by Crippen LogP contribution is -2.15. The van der Waals surface area contributed by atoms with E-state index in [-0.39, 0.29) is 64.2 Å². The fraction of sp³-hybridized carbons (Fsp3) is 0.227. The van der Waals surface area contributed by atoms with Crippen molar-refractivity contribution in [3.05, 3.63) is 67.3 Å². The summed E-state index contributed by atoms with van der Waals surface area (Å²) in [6, 6.07) is 6.97. The smallest absolute Gasteiger partial charge is 0.363 e. The zero-order chi connectivity index (χ0) is 24.8. The molecule has 0 saturated heterocycles. The molecule has 0 atom stereocenters. The first-order valence-corrected chi connectivity index (χ1v) is 10.7. The average Bonchev–Trinajstić information content (AvgIpc) is 3.13. The van der Waals surface area contributed by atoms with E-state index in [0.717, 1.165) is 6.07 Å². The van der Waals surface area contributed by atoms with E-state index < -0.39 is 16.9 Å². The van der Waals surface area contributed by atoms with Gasteiger partial charge in [-0.2, -0.15) is 0 Å². The van der Waals surface area contributed by atoms with E-state index >= 15 is 0 Å². The third kappa shape index (κ3) is 5.83. The molecule has 0 aliphatic carbocycles. The van der Waals surface area contributed by atoms with Crippen LogP contribution < -0.4 is 9.47 Å². The molecule has 0 unspecified atom stereocenters. The molecule has 0 spiro atoms. The fourth-order valence-corrected chi connectivity index (χ4v) is 3.34. The Balaban J connectivity index is 1.92. The van der Waals surface area contributed by atoms with E-state index in [1.807, 2.05) is 0 Å². The number of carbonyl (C=O) groups excluding carboxylic acids is 2. The standard InChI is InChI=1S/C22H18Cl2N2O8/c1-3-31-18-9-12(7-15(24)20(18)33-11-19(27)32-4-2)8-16-22(28)34-21(25-16)13-5-6-14(23)17(10-13)26(29)30/h5-10H,3-4,11H2,1-2H3/b16-8-. The van der Waals surface area contributed by atoms with Crippen molar-refractivity contribution in [2.24, 2.45) is 4.99 Å². The molecule has 10 nitrogen and oxygen atoms in total. The summed E-state index contributed by atoms with van der Waals surface area (Å²) in [5, 5.41) is 11.2. The fourth-order valence-electron chi connectivity index (χ4n) is 2.88. The van der Waals surface area contributed by atoms with Crippen molar-refractivity contribution in [3.63, 3.8) is 0 Å². The number of ether oxygens (including phenoxy) is 4. The van der Waals surface area contributed by atoms with Crippen molar-refractivity contribution in [1.29, 1.82) is 0 Å². The van der Waals surface area contributed by atoms with E-state index in [1.54, 1.807) is 19.9 Å². The molecule has 12 heteroatoms. The predicted molar refractivity (Wildman–Crippen MR) is 123 cm³/mol. The van der Waals surface area contributed by atoms with Crippen LogP contribution in [0.15, 0.2) is 41.0 Å². The molecule has 3 rings (SSSR count). The van der Waals surface area contributed by atoms with Crippen LogP contribution >= 0.6 is 23.2 Å². The Hall–Kier alpha value is -3.63. The summed E-state index contributed by atoms with van der Waals surface area (Å²) < 4.78 is 21.0. The van der Waals surface area contributed by atoms with Gasteiger partial charge < -0.3 is 18.9 Å². The van der Waals surface area contributed by atoms with E-state index in [0.29, 0.717) is 5.56 Å². The lowest BCUT2D eigenvalue weighted by atomic mass is 10.1. The maximum Gasteiger partial charge on any atom is 0.363 e. The highest BCUT2D eigenvalue weighted by molar-refractivity contribution is 6.33. The molecular formula is C22H18Cl2N2O8. The molecule has 0 N–H and O–H groups in total. The normalized spacial score (nSPS) is 13.9. The molecule has 0 aromatic heterocycles. The van der Waals surface area contributed by atoms with Crippen LogP contribution in [0.5, 0.6) is 11.5 Å². The van der Waals surface area contributed by atoms with Gasteiger partial charge in [-0.1, -0.05) is 23.2 Å². The van der Waals surface area contributed by atoms with Crippen LogP contribution in [0.3, 0.4) is 0 Å². The molecule has 178 valence electrons. The minimum Gasteiger partial charge on any atom is -0.490 e. The Labute approximate surface area is 203 Å². The van der Waals surface area contributed by atoms with Gasteiger partial charge in [0.1, 0.15) is 5.02 Å². The zero-order valence-electron chi connectivity index (χ0n) is 18.0. The Bertz CT molecular complexity index is 1210. The zero-order valence-corrected chi connectivity index (χ0v) is 19.5. The summed E-state index contributed by atoms with van der Waals surface area (Å²) in [6.45, 7) is 3.56. The topological polar surface area (TPSA) is 127 Å². The number of nitro benzene ring substituents is 1. The number of nitrogens with zero attached hydrogens (tertiary/aromatic N) is 2. The minimum atomic E-state index is -0.760. The van der Waals surface area contributed by atoms with Gasteiger partial charge in [-0.3, -0.25) is 10.1 Å². The van der Waals surface area contributed by atoms with Gasteiger partial charge in [0.25, 0.3) is 5.69 Å². The van der Waals surface area contributed by atoms with Crippen molar-refractivity contribution in [3.8, 4) is 11.5 Å². The average molecular weight is 509 g/mol.